The number of nitrogen functional groups attached to an aromatic ring is 1. The van der Waals surface area contributed by atoms with E-state index >= 15 is 0 Å². The Morgan fingerprint density at radius 2 is 2.29 bits per heavy atom. The van der Waals surface area contributed by atoms with E-state index in [1.54, 1.807) is 7.11 Å². The summed E-state index contributed by atoms with van der Waals surface area (Å²) in [4.78, 5) is 10.5. The normalized spacial score (nSPS) is 12.1. The van der Waals surface area contributed by atoms with Gasteiger partial charge in [0, 0.05) is 5.92 Å². The molecule has 0 aliphatic heterocycles. The molecule has 0 saturated carbocycles. The molecule has 0 aliphatic rings. The Hall–Kier alpha value is -1.51. The first-order valence-electron chi connectivity index (χ1n) is 4.55. The van der Waals surface area contributed by atoms with Gasteiger partial charge in [0.15, 0.2) is 0 Å². The van der Waals surface area contributed by atoms with Crippen LogP contribution < -0.4 is 10.5 Å². The van der Waals surface area contributed by atoms with E-state index in [-0.39, 0.29) is 5.92 Å². The van der Waals surface area contributed by atoms with Crippen molar-refractivity contribution in [1.29, 1.82) is 0 Å². The highest BCUT2D eigenvalue weighted by molar-refractivity contribution is 5.57. The van der Waals surface area contributed by atoms with E-state index in [0.717, 1.165) is 18.3 Å². The molecule has 0 amide bonds. The quantitative estimate of drug-likeness (QED) is 0.584. The van der Waals surface area contributed by atoms with Gasteiger partial charge in [-0.15, -0.1) is 0 Å². The van der Waals surface area contributed by atoms with E-state index in [9.17, 15) is 4.79 Å². The number of ether oxygens (including phenoxy) is 1. The van der Waals surface area contributed by atoms with Gasteiger partial charge in [-0.25, -0.2) is 0 Å². The van der Waals surface area contributed by atoms with Crippen LogP contribution in [0.3, 0.4) is 0 Å². The molecule has 3 heteroatoms. The van der Waals surface area contributed by atoms with Crippen molar-refractivity contribution in [1.82, 2.24) is 0 Å². The van der Waals surface area contributed by atoms with E-state index in [0.29, 0.717) is 11.4 Å². The van der Waals surface area contributed by atoms with Gasteiger partial charge in [-0.3, -0.25) is 0 Å². The third-order valence-corrected chi connectivity index (χ3v) is 2.08. The summed E-state index contributed by atoms with van der Waals surface area (Å²) in [6.07, 6.45) is 1.66. The number of nitrogens with two attached hydrogens (primary N) is 1. The smallest absolute Gasteiger partial charge is 0.141 e. The first-order chi connectivity index (χ1) is 6.67. The second kappa shape index (κ2) is 4.65. The van der Waals surface area contributed by atoms with Gasteiger partial charge in [-0.2, -0.15) is 0 Å². The predicted octanol–water partition coefficient (Wildman–Crippen LogP) is 1.65. The number of anilines is 1. The van der Waals surface area contributed by atoms with Crippen LogP contribution in [0.5, 0.6) is 5.75 Å². The maximum Gasteiger partial charge on any atom is 0.141 e. The molecule has 0 heterocycles. The Morgan fingerprint density at radius 1 is 1.57 bits per heavy atom. The SMILES string of the molecule is COc1ccc(CC(C)C=O)cc1N. The summed E-state index contributed by atoms with van der Waals surface area (Å²) in [5, 5.41) is 0. The van der Waals surface area contributed by atoms with Crippen LogP contribution in [0.15, 0.2) is 18.2 Å². The molecule has 3 nitrogen and oxygen atoms in total. The van der Waals surface area contributed by atoms with Crippen LogP contribution in [0.2, 0.25) is 0 Å². The minimum atomic E-state index is 0.0304. The number of benzene rings is 1. The fourth-order valence-electron chi connectivity index (χ4n) is 1.33. The van der Waals surface area contributed by atoms with Crippen molar-refractivity contribution in [2.75, 3.05) is 12.8 Å². The largest absolute Gasteiger partial charge is 0.495 e. The Morgan fingerprint density at radius 3 is 2.79 bits per heavy atom. The summed E-state index contributed by atoms with van der Waals surface area (Å²) < 4.78 is 5.04. The minimum Gasteiger partial charge on any atom is -0.495 e. The second-order valence-electron chi connectivity index (χ2n) is 3.39. The van der Waals surface area contributed by atoms with E-state index in [4.69, 9.17) is 10.5 Å². The van der Waals surface area contributed by atoms with Crippen LogP contribution in [0.1, 0.15) is 12.5 Å². The van der Waals surface area contributed by atoms with Gasteiger partial charge in [-0.05, 0) is 24.1 Å². The molecule has 0 bridgehead atoms. The number of carbonyl (C=O) groups is 1. The monoisotopic (exact) mass is 193 g/mol. The van der Waals surface area contributed by atoms with Crippen molar-refractivity contribution in [2.45, 2.75) is 13.3 Å². The summed E-state index contributed by atoms with van der Waals surface area (Å²) in [6.45, 7) is 1.88. The topological polar surface area (TPSA) is 52.3 Å². The summed E-state index contributed by atoms with van der Waals surface area (Å²) in [5.41, 5.74) is 7.41. The van der Waals surface area contributed by atoms with Crippen LogP contribution in [0.25, 0.3) is 0 Å². The van der Waals surface area contributed by atoms with Crippen molar-refractivity contribution in [3.05, 3.63) is 23.8 Å². The van der Waals surface area contributed by atoms with Crippen molar-refractivity contribution < 1.29 is 9.53 Å². The van der Waals surface area contributed by atoms with Gasteiger partial charge in [0.2, 0.25) is 0 Å². The van der Waals surface area contributed by atoms with Crippen LogP contribution in [0, 0.1) is 5.92 Å². The van der Waals surface area contributed by atoms with Gasteiger partial charge in [0.25, 0.3) is 0 Å². The molecular formula is C11H15NO2. The highest BCUT2D eigenvalue weighted by Crippen LogP contribution is 2.22. The van der Waals surface area contributed by atoms with Crippen molar-refractivity contribution in [2.24, 2.45) is 5.92 Å². The first-order valence-corrected chi connectivity index (χ1v) is 4.55. The van der Waals surface area contributed by atoms with Gasteiger partial charge in [0.05, 0.1) is 12.8 Å². The van der Waals surface area contributed by atoms with Gasteiger partial charge in [-0.1, -0.05) is 13.0 Å². The molecule has 76 valence electrons. The van der Waals surface area contributed by atoms with Gasteiger partial charge in [0.1, 0.15) is 12.0 Å². The zero-order valence-electron chi connectivity index (χ0n) is 8.49. The Balaban J connectivity index is 2.80. The number of carbonyl (C=O) groups excluding carboxylic acids is 1. The molecule has 0 saturated heterocycles. The summed E-state index contributed by atoms with van der Waals surface area (Å²) in [5.74, 6) is 0.704. The van der Waals surface area contributed by atoms with Gasteiger partial charge >= 0.3 is 0 Å². The van der Waals surface area contributed by atoms with E-state index in [1.165, 1.54) is 0 Å². The van der Waals surface area contributed by atoms with Crippen LogP contribution in [0.4, 0.5) is 5.69 Å². The minimum absolute atomic E-state index is 0.0304. The number of aldehydes is 1. The molecule has 1 aromatic rings. The number of methoxy groups -OCH3 is 1. The van der Waals surface area contributed by atoms with Crippen LogP contribution in [-0.4, -0.2) is 13.4 Å². The molecular weight excluding hydrogens is 178 g/mol. The summed E-state index contributed by atoms with van der Waals surface area (Å²) >= 11 is 0. The van der Waals surface area contributed by atoms with Crippen molar-refractivity contribution in [3.63, 3.8) is 0 Å². The highest BCUT2D eigenvalue weighted by Gasteiger charge is 2.04. The maximum absolute atomic E-state index is 10.5. The van der Waals surface area contributed by atoms with Crippen molar-refractivity contribution >= 4 is 12.0 Å². The first kappa shape index (κ1) is 10.6. The average molecular weight is 193 g/mol. The van der Waals surface area contributed by atoms with E-state index < -0.39 is 0 Å². The third-order valence-electron chi connectivity index (χ3n) is 2.08. The lowest BCUT2D eigenvalue weighted by Gasteiger charge is -2.08. The molecule has 14 heavy (non-hydrogen) atoms. The molecule has 1 unspecified atom stereocenters. The fraction of sp³-hybridized carbons (Fsp3) is 0.364. The molecule has 0 aromatic heterocycles. The van der Waals surface area contributed by atoms with Gasteiger partial charge < -0.3 is 15.3 Å². The second-order valence-corrected chi connectivity index (χ2v) is 3.39. The molecule has 0 aliphatic carbocycles. The molecule has 2 N–H and O–H groups in total. The predicted molar refractivity (Wildman–Crippen MR) is 56.3 cm³/mol. The Kier molecular flexibility index (Phi) is 3.51. The fourth-order valence-corrected chi connectivity index (χ4v) is 1.33. The number of rotatable bonds is 4. The van der Waals surface area contributed by atoms with Crippen LogP contribution >= 0.6 is 0 Å². The zero-order valence-corrected chi connectivity index (χ0v) is 8.49. The highest BCUT2D eigenvalue weighted by atomic mass is 16.5. The van der Waals surface area contributed by atoms with E-state index in [2.05, 4.69) is 0 Å². The lowest BCUT2D eigenvalue weighted by Crippen LogP contribution is -2.01. The molecule has 1 aromatic carbocycles. The summed E-state index contributed by atoms with van der Waals surface area (Å²) in [6, 6.07) is 5.59. The lowest BCUT2D eigenvalue weighted by atomic mass is 10.0. The molecule has 0 radical (unpaired) electrons. The number of hydrogen-bond acceptors (Lipinski definition) is 3. The van der Waals surface area contributed by atoms with Crippen LogP contribution in [-0.2, 0) is 11.2 Å². The maximum atomic E-state index is 10.5. The Bertz CT molecular complexity index is 323. The molecule has 0 fully saturated rings. The lowest BCUT2D eigenvalue weighted by molar-refractivity contribution is -0.110. The number of hydrogen-bond donors (Lipinski definition) is 1. The third kappa shape index (κ3) is 2.49. The molecule has 0 spiro atoms. The molecule has 1 rings (SSSR count). The Labute approximate surface area is 83.9 Å². The standard InChI is InChI=1S/C11H15NO2/c1-8(7-13)5-9-3-4-11(14-2)10(12)6-9/h3-4,6-8H,5,12H2,1-2H3. The summed E-state index contributed by atoms with van der Waals surface area (Å²) in [7, 11) is 1.58. The zero-order chi connectivity index (χ0) is 10.6. The molecule has 1 atom stereocenters. The van der Waals surface area contributed by atoms with E-state index in [1.807, 2.05) is 25.1 Å². The van der Waals surface area contributed by atoms with Crippen molar-refractivity contribution in [3.8, 4) is 5.75 Å². The average Bonchev–Trinajstić information content (AvgIpc) is 2.18.